The number of hydrogen-bond acceptors (Lipinski definition) is 3. The molecule has 1 heterocycles. The van der Waals surface area contributed by atoms with Crippen LogP contribution in [0.15, 0.2) is 40.8 Å². The van der Waals surface area contributed by atoms with E-state index in [0.717, 1.165) is 38.2 Å². The zero-order chi connectivity index (χ0) is 17.6. The van der Waals surface area contributed by atoms with E-state index in [-0.39, 0.29) is 5.91 Å². The van der Waals surface area contributed by atoms with Crippen molar-refractivity contribution in [2.45, 2.75) is 45.6 Å². The molecule has 4 nitrogen and oxygen atoms in total. The second kappa shape index (κ2) is 8.34. The average Bonchev–Trinajstić information content (AvgIpc) is 3.12. The number of nitrogens with zero attached hydrogens (tertiary/aromatic N) is 1. The highest BCUT2D eigenvalue weighted by molar-refractivity contribution is 5.91. The Bertz CT molecular complexity index is 703. The fourth-order valence-corrected chi connectivity index (χ4v) is 3.62. The van der Waals surface area contributed by atoms with Crippen molar-refractivity contribution < 1.29 is 9.21 Å². The summed E-state index contributed by atoms with van der Waals surface area (Å²) in [7, 11) is 0. The molecule has 0 saturated carbocycles. The number of benzene rings is 1. The topological polar surface area (TPSA) is 45.5 Å². The number of hydrogen-bond donors (Lipinski definition) is 1. The molecule has 0 radical (unpaired) electrons. The molecule has 1 aliphatic carbocycles. The van der Waals surface area contributed by atoms with E-state index in [1.54, 1.807) is 6.07 Å². The van der Waals surface area contributed by atoms with Gasteiger partial charge in [0.15, 0.2) is 5.76 Å². The normalized spacial score (nSPS) is 16.7. The molecular formula is C21H28N2O2. The van der Waals surface area contributed by atoms with Crippen LogP contribution >= 0.6 is 0 Å². The van der Waals surface area contributed by atoms with E-state index in [1.807, 2.05) is 6.07 Å². The highest BCUT2D eigenvalue weighted by Gasteiger charge is 2.21. The summed E-state index contributed by atoms with van der Waals surface area (Å²) in [6.45, 7) is 7.61. The van der Waals surface area contributed by atoms with Gasteiger partial charge in [0.2, 0.25) is 0 Å². The van der Waals surface area contributed by atoms with Crippen molar-refractivity contribution in [1.29, 1.82) is 0 Å². The summed E-state index contributed by atoms with van der Waals surface area (Å²) in [6, 6.07) is 12.3. The molecule has 1 amide bonds. The van der Waals surface area contributed by atoms with E-state index in [2.05, 4.69) is 48.3 Å². The van der Waals surface area contributed by atoms with Crippen molar-refractivity contribution in [3.63, 3.8) is 0 Å². The van der Waals surface area contributed by atoms with Gasteiger partial charge in [-0.2, -0.15) is 0 Å². The van der Waals surface area contributed by atoms with Gasteiger partial charge in [-0.25, -0.2) is 0 Å². The molecule has 0 aliphatic heterocycles. The summed E-state index contributed by atoms with van der Waals surface area (Å²) in [5.41, 5.74) is 2.81. The molecule has 0 saturated heterocycles. The predicted molar refractivity (Wildman–Crippen MR) is 99.8 cm³/mol. The van der Waals surface area contributed by atoms with E-state index in [4.69, 9.17) is 4.42 Å². The molecule has 3 rings (SSSR count). The quantitative estimate of drug-likeness (QED) is 0.829. The minimum atomic E-state index is -0.117. The van der Waals surface area contributed by atoms with E-state index >= 15 is 0 Å². The Morgan fingerprint density at radius 2 is 2.00 bits per heavy atom. The summed E-state index contributed by atoms with van der Waals surface area (Å²) in [5, 5.41) is 3.06. The molecule has 25 heavy (non-hydrogen) atoms. The first-order valence-corrected chi connectivity index (χ1v) is 9.38. The first kappa shape index (κ1) is 17.7. The molecule has 1 atom stereocenters. The number of rotatable bonds is 7. The van der Waals surface area contributed by atoms with Crippen molar-refractivity contribution in [3.05, 3.63) is 59.0 Å². The lowest BCUT2D eigenvalue weighted by atomic mass is 9.83. The standard InChI is InChI=1S/C21H28N2O2/c1-3-23(4-2)15-18-12-13-20(25-18)21(24)22-14-17-10-7-9-16-8-5-6-11-19(16)17/h5-6,8,11-13,17H,3-4,7,9-10,14-15H2,1-2H3,(H,22,24)/t17-/m0/s1. The average molecular weight is 340 g/mol. The predicted octanol–water partition coefficient (Wildman–Crippen LogP) is 3.97. The molecule has 2 aromatic rings. The maximum Gasteiger partial charge on any atom is 0.287 e. The first-order chi connectivity index (χ1) is 12.2. The molecule has 0 unspecified atom stereocenters. The number of carbonyl (C=O) groups is 1. The monoisotopic (exact) mass is 340 g/mol. The maximum atomic E-state index is 12.4. The highest BCUT2D eigenvalue weighted by atomic mass is 16.4. The lowest BCUT2D eigenvalue weighted by Gasteiger charge is -2.25. The molecule has 0 bridgehead atoms. The Morgan fingerprint density at radius 1 is 1.20 bits per heavy atom. The number of fused-ring (bicyclic) bond motifs is 1. The number of furan rings is 1. The molecule has 1 aliphatic rings. The third-order valence-corrected chi connectivity index (χ3v) is 5.16. The fraction of sp³-hybridized carbons (Fsp3) is 0.476. The van der Waals surface area contributed by atoms with Crippen LogP contribution in [0.2, 0.25) is 0 Å². The minimum Gasteiger partial charge on any atom is -0.455 e. The second-order valence-electron chi connectivity index (χ2n) is 6.73. The van der Waals surface area contributed by atoms with Gasteiger partial charge in [-0.1, -0.05) is 38.1 Å². The van der Waals surface area contributed by atoms with Crippen LogP contribution in [0.1, 0.15) is 60.0 Å². The molecule has 4 heteroatoms. The zero-order valence-corrected chi connectivity index (χ0v) is 15.3. The van der Waals surface area contributed by atoms with Crippen molar-refractivity contribution in [2.24, 2.45) is 0 Å². The second-order valence-corrected chi connectivity index (χ2v) is 6.73. The van der Waals surface area contributed by atoms with Gasteiger partial charge in [0.25, 0.3) is 5.91 Å². The van der Waals surface area contributed by atoms with Gasteiger partial charge in [-0.15, -0.1) is 0 Å². The Morgan fingerprint density at radius 3 is 2.80 bits per heavy atom. The molecule has 134 valence electrons. The number of carbonyl (C=O) groups excluding carboxylic acids is 1. The van der Waals surface area contributed by atoms with Crippen LogP contribution in [0.5, 0.6) is 0 Å². The zero-order valence-electron chi connectivity index (χ0n) is 15.3. The van der Waals surface area contributed by atoms with E-state index in [9.17, 15) is 4.79 Å². The van der Waals surface area contributed by atoms with Crippen molar-refractivity contribution in [2.75, 3.05) is 19.6 Å². The third kappa shape index (κ3) is 4.31. The summed E-state index contributed by atoms with van der Waals surface area (Å²) in [5.74, 6) is 1.54. The van der Waals surface area contributed by atoms with Crippen LogP contribution in [-0.2, 0) is 13.0 Å². The van der Waals surface area contributed by atoms with E-state index < -0.39 is 0 Å². The van der Waals surface area contributed by atoms with Crippen molar-refractivity contribution >= 4 is 5.91 Å². The summed E-state index contributed by atoms with van der Waals surface area (Å²) in [4.78, 5) is 14.7. The smallest absolute Gasteiger partial charge is 0.287 e. The van der Waals surface area contributed by atoms with Crippen LogP contribution in [-0.4, -0.2) is 30.4 Å². The number of amides is 1. The molecular weight excluding hydrogens is 312 g/mol. The Balaban J connectivity index is 1.58. The van der Waals surface area contributed by atoms with Crippen LogP contribution in [0.3, 0.4) is 0 Å². The van der Waals surface area contributed by atoms with Gasteiger partial charge in [-0.05, 0) is 55.6 Å². The van der Waals surface area contributed by atoms with Crippen molar-refractivity contribution in [3.8, 4) is 0 Å². The first-order valence-electron chi connectivity index (χ1n) is 9.38. The Kier molecular flexibility index (Phi) is 5.92. The molecule has 1 aromatic carbocycles. The van der Waals surface area contributed by atoms with E-state index in [1.165, 1.54) is 17.5 Å². The van der Waals surface area contributed by atoms with Gasteiger partial charge >= 0.3 is 0 Å². The van der Waals surface area contributed by atoms with Gasteiger partial charge in [-0.3, -0.25) is 9.69 Å². The van der Waals surface area contributed by atoms with Gasteiger partial charge < -0.3 is 9.73 Å². The number of aryl methyl sites for hydroxylation is 1. The third-order valence-electron chi connectivity index (χ3n) is 5.16. The highest BCUT2D eigenvalue weighted by Crippen LogP contribution is 2.30. The van der Waals surface area contributed by atoms with E-state index in [0.29, 0.717) is 18.2 Å². The summed E-state index contributed by atoms with van der Waals surface area (Å²) < 4.78 is 5.74. The Labute approximate surface area is 150 Å². The van der Waals surface area contributed by atoms with Gasteiger partial charge in [0.05, 0.1) is 6.54 Å². The van der Waals surface area contributed by atoms with Crippen LogP contribution < -0.4 is 5.32 Å². The maximum absolute atomic E-state index is 12.4. The van der Waals surface area contributed by atoms with Crippen molar-refractivity contribution in [1.82, 2.24) is 10.2 Å². The lowest BCUT2D eigenvalue weighted by molar-refractivity contribution is 0.0919. The number of nitrogens with one attached hydrogen (secondary N) is 1. The largest absolute Gasteiger partial charge is 0.455 e. The minimum absolute atomic E-state index is 0.117. The summed E-state index contributed by atoms with van der Waals surface area (Å²) in [6.07, 6.45) is 3.46. The van der Waals surface area contributed by atoms with Gasteiger partial charge in [0.1, 0.15) is 5.76 Å². The lowest BCUT2D eigenvalue weighted by Crippen LogP contribution is -2.29. The van der Waals surface area contributed by atoms with Crippen LogP contribution in [0.25, 0.3) is 0 Å². The van der Waals surface area contributed by atoms with Crippen LogP contribution in [0.4, 0.5) is 0 Å². The van der Waals surface area contributed by atoms with Crippen LogP contribution in [0, 0.1) is 0 Å². The Hall–Kier alpha value is -2.07. The fourth-order valence-electron chi connectivity index (χ4n) is 3.62. The SMILES string of the molecule is CCN(CC)Cc1ccc(C(=O)NC[C@@H]2CCCc3ccccc32)o1. The van der Waals surface area contributed by atoms with Gasteiger partial charge in [0, 0.05) is 12.5 Å². The molecule has 0 fully saturated rings. The molecule has 1 aromatic heterocycles. The molecule has 0 spiro atoms. The summed E-state index contributed by atoms with van der Waals surface area (Å²) >= 11 is 0. The molecule has 1 N–H and O–H groups in total.